The minimum Gasteiger partial charge on any atom is -0.368 e. The summed E-state index contributed by atoms with van der Waals surface area (Å²) in [5.74, 6) is -0.978. The largest absolute Gasteiger partial charge is 0.368 e. The third kappa shape index (κ3) is 3.41. The van der Waals surface area contributed by atoms with Crippen LogP contribution in [-0.4, -0.2) is 23.4 Å². The zero-order chi connectivity index (χ0) is 13.7. The lowest BCUT2D eigenvalue weighted by Crippen LogP contribution is -2.37. The van der Waals surface area contributed by atoms with Gasteiger partial charge in [-0.1, -0.05) is 0 Å². The summed E-state index contributed by atoms with van der Waals surface area (Å²) >= 11 is 0. The number of nitrogens with one attached hydrogen (secondary N) is 2. The van der Waals surface area contributed by atoms with Gasteiger partial charge in [0.25, 0.3) is 5.69 Å². The summed E-state index contributed by atoms with van der Waals surface area (Å²) < 4.78 is 12.9. The van der Waals surface area contributed by atoms with E-state index < -0.39 is 22.5 Å². The second-order valence-corrected chi connectivity index (χ2v) is 3.68. The lowest BCUT2D eigenvalue weighted by Gasteiger charge is -2.14. The molecular formula is C11H14FN3O3. The Kier molecular flexibility index (Phi) is 4.59. The summed E-state index contributed by atoms with van der Waals surface area (Å²) in [5, 5.41) is 16.0. The van der Waals surface area contributed by atoms with Crippen molar-refractivity contribution >= 4 is 17.3 Å². The van der Waals surface area contributed by atoms with Crippen LogP contribution in [0.15, 0.2) is 18.2 Å². The third-order valence-electron chi connectivity index (χ3n) is 2.27. The molecule has 0 radical (unpaired) electrons. The van der Waals surface area contributed by atoms with Gasteiger partial charge in [0.05, 0.1) is 11.0 Å². The topological polar surface area (TPSA) is 84.3 Å². The Morgan fingerprint density at radius 3 is 2.78 bits per heavy atom. The first kappa shape index (κ1) is 13.9. The SMILES string of the molecule is CCNC(=O)C(C)Nc1ccc(F)cc1[N+](=O)[O-]. The maximum atomic E-state index is 12.9. The molecule has 18 heavy (non-hydrogen) atoms. The molecule has 98 valence electrons. The molecule has 1 aromatic carbocycles. The number of carbonyl (C=O) groups is 1. The van der Waals surface area contributed by atoms with Crippen LogP contribution in [0, 0.1) is 15.9 Å². The second-order valence-electron chi connectivity index (χ2n) is 3.68. The molecule has 0 aromatic heterocycles. The van der Waals surface area contributed by atoms with Crippen LogP contribution in [0.25, 0.3) is 0 Å². The van der Waals surface area contributed by atoms with E-state index in [1.165, 1.54) is 6.07 Å². The van der Waals surface area contributed by atoms with Crippen molar-refractivity contribution in [2.75, 3.05) is 11.9 Å². The Morgan fingerprint density at radius 2 is 2.22 bits per heavy atom. The quantitative estimate of drug-likeness (QED) is 0.619. The van der Waals surface area contributed by atoms with Gasteiger partial charge in [-0.2, -0.15) is 0 Å². The fraction of sp³-hybridized carbons (Fsp3) is 0.364. The molecule has 7 heteroatoms. The summed E-state index contributed by atoms with van der Waals surface area (Å²) in [6, 6.07) is 2.50. The first-order valence-corrected chi connectivity index (χ1v) is 5.44. The molecule has 0 saturated heterocycles. The number of likely N-dealkylation sites (N-methyl/N-ethyl adjacent to an activating group) is 1. The van der Waals surface area contributed by atoms with Crippen molar-refractivity contribution in [1.29, 1.82) is 0 Å². The summed E-state index contributed by atoms with van der Waals surface area (Å²) in [7, 11) is 0. The lowest BCUT2D eigenvalue weighted by molar-refractivity contribution is -0.384. The number of rotatable bonds is 5. The highest BCUT2D eigenvalue weighted by Gasteiger charge is 2.19. The van der Waals surface area contributed by atoms with Crippen molar-refractivity contribution in [2.24, 2.45) is 0 Å². The zero-order valence-electron chi connectivity index (χ0n) is 10.1. The average molecular weight is 255 g/mol. The molecule has 1 rings (SSSR count). The highest BCUT2D eigenvalue weighted by Crippen LogP contribution is 2.25. The predicted octanol–water partition coefficient (Wildman–Crippen LogP) is 1.67. The number of benzene rings is 1. The number of nitrogens with zero attached hydrogens (tertiary/aromatic N) is 1. The summed E-state index contributed by atoms with van der Waals surface area (Å²) in [6.45, 7) is 3.80. The molecule has 0 heterocycles. The second kappa shape index (κ2) is 5.95. The number of carbonyl (C=O) groups excluding carboxylic acids is 1. The van der Waals surface area contributed by atoms with Crippen LogP contribution in [0.1, 0.15) is 13.8 Å². The molecular weight excluding hydrogens is 241 g/mol. The van der Waals surface area contributed by atoms with Crippen molar-refractivity contribution in [3.05, 3.63) is 34.1 Å². The molecule has 0 aliphatic rings. The van der Waals surface area contributed by atoms with Gasteiger partial charge in [-0.15, -0.1) is 0 Å². The van der Waals surface area contributed by atoms with Gasteiger partial charge >= 0.3 is 0 Å². The van der Waals surface area contributed by atoms with Crippen molar-refractivity contribution in [1.82, 2.24) is 5.32 Å². The van der Waals surface area contributed by atoms with Crippen molar-refractivity contribution < 1.29 is 14.1 Å². The van der Waals surface area contributed by atoms with E-state index in [-0.39, 0.29) is 11.6 Å². The number of halogens is 1. The number of nitro groups is 1. The molecule has 0 aliphatic carbocycles. The van der Waals surface area contributed by atoms with Gasteiger partial charge in [0.15, 0.2) is 0 Å². The Morgan fingerprint density at radius 1 is 1.56 bits per heavy atom. The molecule has 1 unspecified atom stereocenters. The molecule has 0 saturated carbocycles. The zero-order valence-corrected chi connectivity index (χ0v) is 10.1. The Bertz CT molecular complexity index is 465. The van der Waals surface area contributed by atoms with Crippen molar-refractivity contribution in [3.8, 4) is 0 Å². The van der Waals surface area contributed by atoms with E-state index in [0.717, 1.165) is 12.1 Å². The van der Waals surface area contributed by atoms with Crippen LogP contribution in [0.2, 0.25) is 0 Å². The van der Waals surface area contributed by atoms with E-state index in [4.69, 9.17) is 0 Å². The van der Waals surface area contributed by atoms with E-state index in [2.05, 4.69) is 10.6 Å². The fourth-order valence-corrected chi connectivity index (χ4v) is 1.40. The van der Waals surface area contributed by atoms with Gasteiger partial charge in [0.2, 0.25) is 5.91 Å². The van der Waals surface area contributed by atoms with E-state index in [1.54, 1.807) is 13.8 Å². The lowest BCUT2D eigenvalue weighted by atomic mass is 10.2. The van der Waals surface area contributed by atoms with Crippen LogP contribution in [-0.2, 0) is 4.79 Å². The number of hydrogen-bond acceptors (Lipinski definition) is 4. The molecule has 1 atom stereocenters. The molecule has 0 fully saturated rings. The molecule has 2 N–H and O–H groups in total. The molecule has 1 amide bonds. The minimum absolute atomic E-state index is 0.111. The van der Waals surface area contributed by atoms with E-state index in [0.29, 0.717) is 6.54 Å². The normalized spacial score (nSPS) is 11.7. The van der Waals surface area contributed by atoms with Gasteiger partial charge in [-0.25, -0.2) is 4.39 Å². The van der Waals surface area contributed by atoms with Gasteiger partial charge in [-0.05, 0) is 26.0 Å². The molecule has 0 aliphatic heterocycles. The highest BCUT2D eigenvalue weighted by atomic mass is 19.1. The summed E-state index contributed by atoms with van der Waals surface area (Å²) in [4.78, 5) is 21.5. The van der Waals surface area contributed by atoms with Crippen LogP contribution >= 0.6 is 0 Å². The van der Waals surface area contributed by atoms with Gasteiger partial charge < -0.3 is 10.6 Å². The van der Waals surface area contributed by atoms with Crippen LogP contribution < -0.4 is 10.6 Å². The predicted molar refractivity (Wildman–Crippen MR) is 64.8 cm³/mol. The first-order chi connectivity index (χ1) is 8.45. The maximum absolute atomic E-state index is 12.9. The maximum Gasteiger partial charge on any atom is 0.295 e. The minimum atomic E-state index is -0.699. The number of anilines is 1. The Balaban J connectivity index is 2.90. The van der Waals surface area contributed by atoms with Crippen LogP contribution in [0.5, 0.6) is 0 Å². The van der Waals surface area contributed by atoms with E-state index in [1.807, 2.05) is 0 Å². The Hall–Kier alpha value is -2.18. The average Bonchev–Trinajstić information content (AvgIpc) is 2.31. The molecule has 6 nitrogen and oxygen atoms in total. The highest BCUT2D eigenvalue weighted by molar-refractivity contribution is 5.85. The number of nitro benzene ring substituents is 1. The Labute approximate surface area is 103 Å². The van der Waals surface area contributed by atoms with Gasteiger partial charge in [0, 0.05) is 6.54 Å². The smallest absolute Gasteiger partial charge is 0.295 e. The van der Waals surface area contributed by atoms with Crippen LogP contribution in [0.4, 0.5) is 15.8 Å². The first-order valence-electron chi connectivity index (χ1n) is 5.44. The monoisotopic (exact) mass is 255 g/mol. The van der Waals surface area contributed by atoms with E-state index in [9.17, 15) is 19.3 Å². The number of hydrogen-bond donors (Lipinski definition) is 2. The summed E-state index contributed by atoms with van der Waals surface area (Å²) in [5.41, 5.74) is -0.286. The van der Waals surface area contributed by atoms with Crippen LogP contribution in [0.3, 0.4) is 0 Å². The fourth-order valence-electron chi connectivity index (χ4n) is 1.40. The third-order valence-corrected chi connectivity index (χ3v) is 2.27. The molecule has 1 aromatic rings. The van der Waals surface area contributed by atoms with Gasteiger partial charge in [0.1, 0.15) is 17.5 Å². The number of amides is 1. The standard InChI is InChI=1S/C11H14FN3O3/c1-3-13-11(16)7(2)14-9-5-4-8(12)6-10(9)15(17)18/h4-7,14H,3H2,1-2H3,(H,13,16). The molecule has 0 spiro atoms. The van der Waals surface area contributed by atoms with Crippen molar-refractivity contribution in [3.63, 3.8) is 0 Å². The van der Waals surface area contributed by atoms with Gasteiger partial charge in [-0.3, -0.25) is 14.9 Å². The van der Waals surface area contributed by atoms with E-state index >= 15 is 0 Å². The summed E-state index contributed by atoms with van der Waals surface area (Å²) in [6.07, 6.45) is 0. The van der Waals surface area contributed by atoms with Crippen molar-refractivity contribution in [2.45, 2.75) is 19.9 Å². The molecule has 0 bridgehead atoms.